The van der Waals surface area contributed by atoms with Crippen molar-refractivity contribution in [1.82, 2.24) is 0 Å². The lowest BCUT2D eigenvalue weighted by atomic mass is 9.96. The molecule has 0 aromatic heterocycles. The number of carbonyl (C=O) groups excluding carboxylic acids is 2. The Morgan fingerprint density at radius 2 is 2.00 bits per heavy atom. The first-order valence-corrected chi connectivity index (χ1v) is 8.98. The molecule has 0 saturated heterocycles. The second-order valence-corrected chi connectivity index (χ2v) is 6.49. The molecular formula is C20H20ClNO4. The Morgan fingerprint density at radius 1 is 1.27 bits per heavy atom. The van der Waals surface area contributed by atoms with Crippen molar-refractivity contribution >= 4 is 29.5 Å². The molecule has 1 amide bonds. The second-order valence-electron chi connectivity index (χ2n) is 6.08. The highest BCUT2D eigenvalue weighted by Gasteiger charge is 2.23. The van der Waals surface area contributed by atoms with Crippen LogP contribution in [-0.2, 0) is 0 Å². The predicted octanol–water partition coefficient (Wildman–Crippen LogP) is 4.73. The van der Waals surface area contributed by atoms with E-state index in [1.54, 1.807) is 36.4 Å². The van der Waals surface area contributed by atoms with Crippen molar-refractivity contribution in [2.45, 2.75) is 32.3 Å². The summed E-state index contributed by atoms with van der Waals surface area (Å²) in [5.41, 5.74) is 1.52. The first-order chi connectivity index (χ1) is 12.6. The van der Waals surface area contributed by atoms with E-state index in [0.29, 0.717) is 39.9 Å². The average molecular weight is 374 g/mol. The number of ether oxygens (including phenoxy) is 2. The van der Waals surface area contributed by atoms with Crippen molar-refractivity contribution in [3.8, 4) is 11.5 Å². The van der Waals surface area contributed by atoms with Gasteiger partial charge < -0.3 is 14.8 Å². The van der Waals surface area contributed by atoms with Crippen molar-refractivity contribution in [3.05, 3.63) is 52.5 Å². The van der Waals surface area contributed by atoms with Crippen molar-refractivity contribution in [2.24, 2.45) is 0 Å². The lowest BCUT2D eigenvalue weighted by molar-refractivity contribution is 0.102. The number of benzene rings is 2. The summed E-state index contributed by atoms with van der Waals surface area (Å²) >= 11 is 6.32. The summed E-state index contributed by atoms with van der Waals surface area (Å²) in [6.07, 6.45) is 4.01. The van der Waals surface area contributed by atoms with Gasteiger partial charge in [-0.15, -0.1) is 0 Å². The molecule has 1 aliphatic rings. The van der Waals surface area contributed by atoms with E-state index in [2.05, 4.69) is 5.32 Å². The van der Waals surface area contributed by atoms with Gasteiger partial charge in [0.25, 0.3) is 5.91 Å². The molecule has 0 unspecified atom stereocenters. The van der Waals surface area contributed by atoms with Crippen LogP contribution >= 0.6 is 11.6 Å². The molecule has 0 spiro atoms. The van der Waals surface area contributed by atoms with Crippen molar-refractivity contribution < 1.29 is 19.1 Å². The molecule has 1 saturated carbocycles. The zero-order valence-electron chi connectivity index (χ0n) is 14.5. The van der Waals surface area contributed by atoms with Gasteiger partial charge in [-0.1, -0.05) is 11.6 Å². The van der Waals surface area contributed by atoms with Crippen LogP contribution in [0.2, 0.25) is 5.02 Å². The van der Waals surface area contributed by atoms with Gasteiger partial charge in [0.05, 0.1) is 17.7 Å². The fraction of sp³-hybridized carbons (Fsp3) is 0.300. The van der Waals surface area contributed by atoms with E-state index in [1.165, 1.54) is 0 Å². The van der Waals surface area contributed by atoms with Gasteiger partial charge in [0.15, 0.2) is 11.5 Å². The molecule has 136 valence electrons. The maximum atomic E-state index is 12.6. The highest BCUT2D eigenvalue weighted by molar-refractivity contribution is 6.32. The molecule has 1 aliphatic carbocycles. The van der Waals surface area contributed by atoms with Gasteiger partial charge in [0.2, 0.25) is 0 Å². The van der Waals surface area contributed by atoms with E-state index in [-0.39, 0.29) is 12.0 Å². The van der Waals surface area contributed by atoms with E-state index in [1.807, 2.05) is 6.92 Å². The Bertz CT molecular complexity index is 800. The quantitative estimate of drug-likeness (QED) is 0.712. The molecule has 1 fully saturated rings. The number of halogens is 1. The van der Waals surface area contributed by atoms with Crippen LogP contribution in [0, 0.1) is 0 Å². The molecule has 1 N–H and O–H groups in total. The molecule has 2 aromatic rings. The lowest BCUT2D eigenvalue weighted by Gasteiger charge is -2.27. The monoisotopic (exact) mass is 373 g/mol. The summed E-state index contributed by atoms with van der Waals surface area (Å²) in [5.74, 6) is 0.644. The predicted molar refractivity (Wildman–Crippen MR) is 101 cm³/mol. The minimum absolute atomic E-state index is 0.138. The summed E-state index contributed by atoms with van der Waals surface area (Å²) in [7, 11) is 0. The van der Waals surface area contributed by atoms with Gasteiger partial charge in [0, 0.05) is 16.8 Å². The third-order valence-corrected chi connectivity index (χ3v) is 4.49. The van der Waals surface area contributed by atoms with Crippen LogP contribution in [0.5, 0.6) is 11.5 Å². The molecular weight excluding hydrogens is 354 g/mol. The van der Waals surface area contributed by atoms with Crippen LogP contribution in [0.1, 0.15) is 46.9 Å². The maximum absolute atomic E-state index is 12.6. The Hall–Kier alpha value is -2.53. The molecule has 6 heteroatoms. The molecule has 3 rings (SSSR count). The molecule has 0 bridgehead atoms. The van der Waals surface area contributed by atoms with Gasteiger partial charge in [-0.2, -0.15) is 0 Å². The normalized spacial score (nSPS) is 13.6. The third kappa shape index (κ3) is 4.17. The van der Waals surface area contributed by atoms with E-state index < -0.39 is 0 Å². The fourth-order valence-electron chi connectivity index (χ4n) is 2.59. The Labute approximate surface area is 157 Å². The highest BCUT2D eigenvalue weighted by atomic mass is 35.5. The summed E-state index contributed by atoms with van der Waals surface area (Å²) in [4.78, 5) is 23.3. The van der Waals surface area contributed by atoms with Crippen LogP contribution in [0.25, 0.3) is 0 Å². The molecule has 0 radical (unpaired) electrons. The van der Waals surface area contributed by atoms with Gasteiger partial charge in [-0.25, -0.2) is 0 Å². The van der Waals surface area contributed by atoms with Crippen molar-refractivity contribution in [3.63, 3.8) is 0 Å². The van der Waals surface area contributed by atoms with E-state index in [4.69, 9.17) is 21.1 Å². The molecule has 0 atom stereocenters. The maximum Gasteiger partial charge on any atom is 0.255 e. The number of carbonyl (C=O) groups is 2. The molecule has 2 aromatic carbocycles. The zero-order valence-corrected chi connectivity index (χ0v) is 15.2. The van der Waals surface area contributed by atoms with E-state index in [0.717, 1.165) is 25.5 Å². The van der Waals surface area contributed by atoms with Crippen LogP contribution in [0.4, 0.5) is 5.69 Å². The topological polar surface area (TPSA) is 64.6 Å². The van der Waals surface area contributed by atoms with Crippen LogP contribution < -0.4 is 14.8 Å². The number of nitrogens with one attached hydrogen (secondary N) is 1. The Balaban J connectivity index is 1.82. The van der Waals surface area contributed by atoms with Gasteiger partial charge >= 0.3 is 0 Å². The summed E-state index contributed by atoms with van der Waals surface area (Å²) in [6.45, 7) is 2.32. The standard InChI is InChI=1S/C20H20ClNO4/c1-2-25-19-17(21)10-14(11-18(19)26-16-4-3-5-16)20(24)22-15-8-6-13(12-23)7-9-15/h6-12,16H,2-5H2,1H3,(H,22,24). The van der Waals surface area contributed by atoms with E-state index >= 15 is 0 Å². The number of amides is 1. The van der Waals surface area contributed by atoms with Crippen molar-refractivity contribution in [2.75, 3.05) is 11.9 Å². The lowest BCUT2D eigenvalue weighted by Crippen LogP contribution is -2.25. The summed E-state index contributed by atoms with van der Waals surface area (Å²) in [6, 6.07) is 9.84. The van der Waals surface area contributed by atoms with E-state index in [9.17, 15) is 9.59 Å². The number of aldehydes is 1. The summed E-state index contributed by atoms with van der Waals surface area (Å²) in [5, 5.41) is 3.12. The molecule has 0 aliphatic heterocycles. The fourth-order valence-corrected chi connectivity index (χ4v) is 2.85. The SMILES string of the molecule is CCOc1c(Cl)cc(C(=O)Nc2ccc(C=O)cc2)cc1OC1CCC1. The molecule has 5 nitrogen and oxygen atoms in total. The van der Waals surface area contributed by atoms with Gasteiger partial charge in [-0.05, 0) is 62.6 Å². The van der Waals surface area contributed by atoms with Crippen LogP contribution in [0.3, 0.4) is 0 Å². The minimum Gasteiger partial charge on any atom is -0.488 e. The van der Waals surface area contributed by atoms with Crippen molar-refractivity contribution in [1.29, 1.82) is 0 Å². The Morgan fingerprint density at radius 3 is 2.58 bits per heavy atom. The Kier molecular flexibility index (Phi) is 5.78. The molecule has 26 heavy (non-hydrogen) atoms. The summed E-state index contributed by atoms with van der Waals surface area (Å²) < 4.78 is 11.6. The first-order valence-electron chi connectivity index (χ1n) is 8.60. The minimum atomic E-state index is -0.313. The van der Waals surface area contributed by atoms with Crippen LogP contribution in [0.15, 0.2) is 36.4 Å². The molecule has 0 heterocycles. The number of anilines is 1. The van der Waals surface area contributed by atoms with Crippen LogP contribution in [-0.4, -0.2) is 24.9 Å². The van der Waals surface area contributed by atoms with Gasteiger partial charge in [-0.3, -0.25) is 9.59 Å². The number of rotatable bonds is 7. The largest absolute Gasteiger partial charge is 0.488 e. The third-order valence-electron chi connectivity index (χ3n) is 4.21. The van der Waals surface area contributed by atoms with Gasteiger partial charge in [0.1, 0.15) is 6.29 Å². The first kappa shape index (κ1) is 18.3. The number of hydrogen-bond acceptors (Lipinski definition) is 4. The second kappa shape index (κ2) is 8.23. The average Bonchev–Trinajstić information content (AvgIpc) is 2.61. The highest BCUT2D eigenvalue weighted by Crippen LogP contribution is 2.39. The number of hydrogen-bond donors (Lipinski definition) is 1. The zero-order chi connectivity index (χ0) is 18.5. The smallest absolute Gasteiger partial charge is 0.255 e.